The lowest BCUT2D eigenvalue weighted by atomic mass is 9.96. The van der Waals surface area contributed by atoms with Gasteiger partial charge in [-0.2, -0.15) is 0 Å². The third-order valence-corrected chi connectivity index (χ3v) is 5.77. The number of halogens is 1. The number of nitrogens with zero attached hydrogens (tertiary/aromatic N) is 2. The van der Waals surface area contributed by atoms with Crippen molar-refractivity contribution in [2.24, 2.45) is 0 Å². The number of aryl methyl sites for hydroxylation is 2. The van der Waals surface area contributed by atoms with Crippen LogP contribution in [0, 0.1) is 19.7 Å². The maximum Gasteiger partial charge on any atom is 0.250 e. The Morgan fingerprint density at radius 1 is 1.25 bits per heavy atom. The van der Waals surface area contributed by atoms with Crippen molar-refractivity contribution in [3.8, 4) is 16.9 Å². The van der Waals surface area contributed by atoms with E-state index in [-0.39, 0.29) is 11.7 Å². The number of aromatic nitrogens is 2. The van der Waals surface area contributed by atoms with Gasteiger partial charge < -0.3 is 9.15 Å². The number of fused-ring (bicyclic) bond motifs is 1. The molecule has 4 aromatic rings. The summed E-state index contributed by atoms with van der Waals surface area (Å²) in [5.41, 5.74) is 4.71. The standard InChI is InChI=1S/C24H22FN3O3S/c1-5-30-22-14(3)23-19(20(12-31-23)16-6-8-17(25)9-7-16)11-18(22)13(2)10-21(29)26-24-28-27-15(4)32-24/h6-12H,5H2,1-4H3,(H,26,28,29)/b13-10+. The highest BCUT2D eigenvalue weighted by Crippen LogP contribution is 2.40. The van der Waals surface area contributed by atoms with Gasteiger partial charge >= 0.3 is 0 Å². The van der Waals surface area contributed by atoms with Crippen LogP contribution >= 0.6 is 11.3 Å². The molecule has 0 fully saturated rings. The van der Waals surface area contributed by atoms with Gasteiger partial charge in [-0.1, -0.05) is 23.5 Å². The van der Waals surface area contributed by atoms with Gasteiger partial charge in [-0.05, 0) is 57.0 Å². The van der Waals surface area contributed by atoms with Gasteiger partial charge in [0.2, 0.25) is 11.0 Å². The van der Waals surface area contributed by atoms with Crippen molar-refractivity contribution in [1.82, 2.24) is 10.2 Å². The van der Waals surface area contributed by atoms with Crippen molar-refractivity contribution < 1.29 is 18.3 Å². The van der Waals surface area contributed by atoms with Crippen LogP contribution in [0.15, 0.2) is 47.1 Å². The first-order valence-electron chi connectivity index (χ1n) is 10.1. The van der Waals surface area contributed by atoms with Crippen LogP contribution in [0.25, 0.3) is 27.7 Å². The molecule has 2 aromatic carbocycles. The molecule has 2 aromatic heterocycles. The van der Waals surface area contributed by atoms with E-state index in [4.69, 9.17) is 9.15 Å². The van der Waals surface area contributed by atoms with E-state index >= 15 is 0 Å². The predicted octanol–water partition coefficient (Wildman–Crippen LogP) is 6.15. The maximum absolute atomic E-state index is 13.4. The van der Waals surface area contributed by atoms with E-state index in [2.05, 4.69) is 15.5 Å². The van der Waals surface area contributed by atoms with E-state index in [1.165, 1.54) is 29.5 Å². The van der Waals surface area contributed by atoms with Crippen molar-refractivity contribution in [1.29, 1.82) is 0 Å². The molecule has 8 heteroatoms. The Bertz CT molecular complexity index is 1320. The Morgan fingerprint density at radius 3 is 2.66 bits per heavy atom. The lowest BCUT2D eigenvalue weighted by Crippen LogP contribution is -2.08. The fraction of sp³-hybridized carbons (Fsp3) is 0.208. The third kappa shape index (κ3) is 4.27. The highest BCUT2D eigenvalue weighted by Gasteiger charge is 2.19. The molecule has 32 heavy (non-hydrogen) atoms. The fourth-order valence-corrected chi connectivity index (χ4v) is 4.15. The molecule has 0 saturated heterocycles. The zero-order chi connectivity index (χ0) is 22.8. The molecule has 1 N–H and O–H groups in total. The van der Waals surface area contributed by atoms with Crippen molar-refractivity contribution in [3.63, 3.8) is 0 Å². The lowest BCUT2D eigenvalue weighted by Gasteiger charge is -2.15. The molecule has 0 aliphatic carbocycles. The topological polar surface area (TPSA) is 77.2 Å². The maximum atomic E-state index is 13.4. The van der Waals surface area contributed by atoms with Crippen LogP contribution in [-0.2, 0) is 4.79 Å². The number of carbonyl (C=O) groups is 1. The molecule has 2 heterocycles. The molecule has 0 saturated carbocycles. The summed E-state index contributed by atoms with van der Waals surface area (Å²) in [6, 6.07) is 8.21. The van der Waals surface area contributed by atoms with Gasteiger partial charge in [0.25, 0.3) is 0 Å². The first kappa shape index (κ1) is 21.7. The molecule has 0 aliphatic rings. The Hall–Kier alpha value is -3.52. The molecule has 6 nitrogen and oxygen atoms in total. The summed E-state index contributed by atoms with van der Waals surface area (Å²) in [6.45, 7) is 7.97. The van der Waals surface area contributed by atoms with E-state index in [0.29, 0.717) is 23.1 Å². The number of allylic oxidation sites excluding steroid dienone is 1. The van der Waals surface area contributed by atoms with Gasteiger partial charge in [-0.15, -0.1) is 10.2 Å². The Labute approximate surface area is 188 Å². The van der Waals surface area contributed by atoms with Gasteiger partial charge in [-0.25, -0.2) is 4.39 Å². The predicted molar refractivity (Wildman–Crippen MR) is 124 cm³/mol. The molecule has 4 rings (SSSR count). The number of hydrogen-bond acceptors (Lipinski definition) is 6. The van der Waals surface area contributed by atoms with Crippen molar-refractivity contribution in [2.45, 2.75) is 27.7 Å². The van der Waals surface area contributed by atoms with E-state index in [1.807, 2.05) is 33.8 Å². The molecular weight excluding hydrogens is 429 g/mol. The first-order chi connectivity index (χ1) is 15.4. The Balaban J connectivity index is 1.79. The number of amides is 1. The third-order valence-electron chi connectivity index (χ3n) is 5.02. The molecule has 0 spiro atoms. The molecule has 0 radical (unpaired) electrons. The van der Waals surface area contributed by atoms with E-state index in [0.717, 1.165) is 38.2 Å². The highest BCUT2D eigenvalue weighted by molar-refractivity contribution is 7.15. The van der Waals surface area contributed by atoms with Gasteiger partial charge in [0.15, 0.2) is 0 Å². The quantitative estimate of drug-likeness (QED) is 0.356. The summed E-state index contributed by atoms with van der Waals surface area (Å²) < 4.78 is 25.2. The number of anilines is 1. The lowest BCUT2D eigenvalue weighted by molar-refractivity contribution is -0.111. The van der Waals surface area contributed by atoms with Gasteiger partial charge in [0.1, 0.15) is 22.2 Å². The van der Waals surface area contributed by atoms with Crippen LogP contribution in [0.5, 0.6) is 5.75 Å². The van der Waals surface area contributed by atoms with E-state index in [1.54, 1.807) is 18.4 Å². The van der Waals surface area contributed by atoms with Gasteiger partial charge in [0.05, 0.1) is 12.9 Å². The Morgan fingerprint density at radius 2 is 2.00 bits per heavy atom. The normalized spacial score (nSPS) is 11.7. The molecular formula is C24H22FN3O3S. The second kappa shape index (κ2) is 8.92. The second-order valence-electron chi connectivity index (χ2n) is 7.29. The fourth-order valence-electron chi connectivity index (χ4n) is 3.56. The largest absolute Gasteiger partial charge is 0.493 e. The molecule has 0 aliphatic heterocycles. The minimum absolute atomic E-state index is 0.299. The number of ether oxygens (including phenoxy) is 1. The summed E-state index contributed by atoms with van der Waals surface area (Å²) in [6.07, 6.45) is 3.17. The molecule has 0 unspecified atom stereocenters. The monoisotopic (exact) mass is 451 g/mol. The van der Waals surface area contributed by atoms with Gasteiger partial charge in [-0.3, -0.25) is 10.1 Å². The number of furan rings is 1. The summed E-state index contributed by atoms with van der Waals surface area (Å²) in [7, 11) is 0. The van der Waals surface area contributed by atoms with Crippen LogP contribution in [0.1, 0.15) is 30.0 Å². The number of benzene rings is 2. The number of rotatable bonds is 6. The van der Waals surface area contributed by atoms with Crippen LogP contribution in [0.3, 0.4) is 0 Å². The average Bonchev–Trinajstić information content (AvgIpc) is 3.36. The summed E-state index contributed by atoms with van der Waals surface area (Å²) >= 11 is 1.31. The zero-order valence-corrected chi connectivity index (χ0v) is 19.0. The number of nitrogens with one attached hydrogen (secondary N) is 1. The zero-order valence-electron chi connectivity index (χ0n) is 18.2. The number of hydrogen-bond donors (Lipinski definition) is 1. The second-order valence-corrected chi connectivity index (χ2v) is 8.47. The van der Waals surface area contributed by atoms with E-state index in [9.17, 15) is 9.18 Å². The van der Waals surface area contributed by atoms with Crippen molar-refractivity contribution >= 4 is 38.9 Å². The molecule has 0 bridgehead atoms. The molecule has 164 valence electrons. The molecule has 1 amide bonds. The highest BCUT2D eigenvalue weighted by atomic mass is 32.1. The summed E-state index contributed by atoms with van der Waals surface area (Å²) in [5.74, 6) is 0.0607. The van der Waals surface area contributed by atoms with Crippen LogP contribution < -0.4 is 10.1 Å². The van der Waals surface area contributed by atoms with E-state index < -0.39 is 0 Å². The van der Waals surface area contributed by atoms with Crippen LogP contribution in [0.4, 0.5) is 9.52 Å². The SMILES string of the molecule is CCOc1c(/C(C)=C/C(=O)Nc2nnc(C)s2)cc2c(-c3ccc(F)cc3)coc2c1C. The molecule has 0 atom stereocenters. The van der Waals surface area contributed by atoms with Crippen LogP contribution in [0.2, 0.25) is 0 Å². The van der Waals surface area contributed by atoms with Crippen molar-refractivity contribution in [3.05, 3.63) is 64.6 Å². The minimum Gasteiger partial charge on any atom is -0.493 e. The summed E-state index contributed by atoms with van der Waals surface area (Å²) in [5, 5.41) is 12.7. The first-order valence-corrected chi connectivity index (χ1v) is 10.9. The Kier molecular flexibility index (Phi) is 6.05. The average molecular weight is 452 g/mol. The number of carbonyl (C=O) groups excluding carboxylic acids is 1. The van der Waals surface area contributed by atoms with Crippen LogP contribution in [-0.4, -0.2) is 22.7 Å². The summed E-state index contributed by atoms with van der Waals surface area (Å²) in [4.78, 5) is 12.6. The van der Waals surface area contributed by atoms with Crippen molar-refractivity contribution in [2.75, 3.05) is 11.9 Å². The smallest absolute Gasteiger partial charge is 0.250 e. The minimum atomic E-state index is -0.301. The van der Waals surface area contributed by atoms with Gasteiger partial charge in [0, 0.05) is 28.2 Å².